The van der Waals surface area contributed by atoms with Crippen LogP contribution in [0, 0.1) is 10.1 Å². The Labute approximate surface area is 165 Å². The Morgan fingerprint density at radius 1 is 1.17 bits per heavy atom. The van der Waals surface area contributed by atoms with Crippen molar-refractivity contribution in [1.82, 2.24) is 10.1 Å². The van der Waals surface area contributed by atoms with Gasteiger partial charge in [-0.05, 0) is 12.1 Å². The maximum Gasteiger partial charge on any atom is 0.311 e. The summed E-state index contributed by atoms with van der Waals surface area (Å²) in [5, 5.41) is 14.9. The van der Waals surface area contributed by atoms with E-state index in [1.165, 1.54) is 25.3 Å². The van der Waals surface area contributed by atoms with E-state index in [-0.39, 0.29) is 36.0 Å². The number of nitro groups is 1. The SMILES string of the molecule is COc1ccc(-c2noc(COC(=O)Cc3ccccc3[N+](=O)[O-])n2)c(OC)c1. The van der Waals surface area contributed by atoms with Gasteiger partial charge in [-0.2, -0.15) is 4.98 Å². The number of nitrogens with zero attached hydrogens (tertiary/aromatic N) is 3. The van der Waals surface area contributed by atoms with Gasteiger partial charge < -0.3 is 18.7 Å². The molecule has 10 nitrogen and oxygen atoms in total. The van der Waals surface area contributed by atoms with E-state index in [2.05, 4.69) is 10.1 Å². The first-order valence-corrected chi connectivity index (χ1v) is 8.44. The third-order valence-corrected chi connectivity index (χ3v) is 4.00. The number of esters is 1. The molecule has 0 N–H and O–H groups in total. The molecule has 0 bridgehead atoms. The van der Waals surface area contributed by atoms with Gasteiger partial charge in [0.25, 0.3) is 11.6 Å². The number of para-hydroxylation sites is 1. The lowest BCUT2D eigenvalue weighted by atomic mass is 10.1. The summed E-state index contributed by atoms with van der Waals surface area (Å²) in [6.07, 6.45) is -0.246. The molecule has 29 heavy (non-hydrogen) atoms. The summed E-state index contributed by atoms with van der Waals surface area (Å²) in [7, 11) is 3.04. The number of hydrogen-bond donors (Lipinski definition) is 0. The Hall–Kier alpha value is -3.95. The van der Waals surface area contributed by atoms with E-state index in [0.29, 0.717) is 17.1 Å². The van der Waals surface area contributed by atoms with E-state index >= 15 is 0 Å². The predicted octanol–water partition coefficient (Wildman–Crippen LogP) is 2.95. The van der Waals surface area contributed by atoms with Crippen LogP contribution >= 0.6 is 0 Å². The molecular weight excluding hydrogens is 382 g/mol. The highest BCUT2D eigenvalue weighted by Gasteiger charge is 2.18. The van der Waals surface area contributed by atoms with Gasteiger partial charge in [-0.3, -0.25) is 14.9 Å². The summed E-state index contributed by atoms with van der Waals surface area (Å²) in [4.78, 5) is 26.7. The smallest absolute Gasteiger partial charge is 0.311 e. The van der Waals surface area contributed by atoms with Crippen LogP contribution in [-0.4, -0.2) is 35.3 Å². The van der Waals surface area contributed by atoms with Gasteiger partial charge in [0.1, 0.15) is 11.5 Å². The van der Waals surface area contributed by atoms with Crippen LogP contribution in [-0.2, 0) is 22.6 Å². The number of carbonyl (C=O) groups is 1. The van der Waals surface area contributed by atoms with E-state index in [1.54, 1.807) is 31.4 Å². The fourth-order valence-electron chi connectivity index (χ4n) is 2.59. The molecule has 150 valence electrons. The molecule has 10 heteroatoms. The van der Waals surface area contributed by atoms with Crippen LogP contribution in [0.3, 0.4) is 0 Å². The van der Waals surface area contributed by atoms with Gasteiger partial charge >= 0.3 is 5.97 Å². The quantitative estimate of drug-likeness (QED) is 0.319. The van der Waals surface area contributed by atoms with E-state index < -0.39 is 10.9 Å². The summed E-state index contributed by atoms with van der Waals surface area (Å²) < 4.78 is 20.7. The van der Waals surface area contributed by atoms with Crippen molar-refractivity contribution in [2.45, 2.75) is 13.0 Å². The molecule has 3 aromatic rings. The normalized spacial score (nSPS) is 10.4. The average Bonchev–Trinajstić information content (AvgIpc) is 3.20. The van der Waals surface area contributed by atoms with Crippen molar-refractivity contribution in [3.05, 3.63) is 64.0 Å². The number of nitro benzene ring substituents is 1. The molecule has 0 saturated carbocycles. The van der Waals surface area contributed by atoms with Crippen molar-refractivity contribution in [2.24, 2.45) is 0 Å². The van der Waals surface area contributed by atoms with Crippen LogP contribution in [0.1, 0.15) is 11.5 Å². The van der Waals surface area contributed by atoms with Crippen LogP contribution in [0.25, 0.3) is 11.4 Å². The zero-order valence-electron chi connectivity index (χ0n) is 15.7. The summed E-state index contributed by atoms with van der Waals surface area (Å²) in [6, 6.07) is 11.1. The Morgan fingerprint density at radius 2 is 1.97 bits per heavy atom. The van der Waals surface area contributed by atoms with Gasteiger partial charge in [-0.15, -0.1) is 0 Å². The molecule has 1 heterocycles. The molecule has 0 unspecified atom stereocenters. The number of ether oxygens (including phenoxy) is 3. The zero-order chi connectivity index (χ0) is 20.8. The maximum absolute atomic E-state index is 12.0. The monoisotopic (exact) mass is 399 g/mol. The average molecular weight is 399 g/mol. The van der Waals surface area contributed by atoms with E-state index in [1.807, 2.05) is 0 Å². The fraction of sp³-hybridized carbons (Fsp3) is 0.211. The number of hydrogen-bond acceptors (Lipinski definition) is 9. The Balaban J connectivity index is 1.66. The van der Waals surface area contributed by atoms with Gasteiger partial charge in [-0.1, -0.05) is 23.4 Å². The molecule has 0 radical (unpaired) electrons. The van der Waals surface area contributed by atoms with Gasteiger partial charge in [0.05, 0.1) is 31.1 Å². The lowest BCUT2D eigenvalue weighted by molar-refractivity contribution is -0.385. The van der Waals surface area contributed by atoms with Crippen LogP contribution in [0.5, 0.6) is 11.5 Å². The molecule has 0 fully saturated rings. The number of carbonyl (C=O) groups excluding carboxylic acids is 1. The molecule has 3 rings (SSSR count). The number of rotatable bonds is 8. The van der Waals surface area contributed by atoms with E-state index in [4.69, 9.17) is 18.7 Å². The largest absolute Gasteiger partial charge is 0.497 e. The number of benzene rings is 2. The lowest BCUT2D eigenvalue weighted by Gasteiger charge is -2.07. The second kappa shape index (κ2) is 8.83. The third-order valence-electron chi connectivity index (χ3n) is 4.00. The molecular formula is C19H17N3O7. The first kappa shape index (κ1) is 19.8. The molecule has 0 aliphatic heterocycles. The van der Waals surface area contributed by atoms with E-state index in [0.717, 1.165) is 0 Å². The second-order valence-corrected chi connectivity index (χ2v) is 5.80. The Morgan fingerprint density at radius 3 is 2.69 bits per heavy atom. The first-order valence-electron chi connectivity index (χ1n) is 8.44. The highest BCUT2D eigenvalue weighted by Crippen LogP contribution is 2.31. The molecule has 0 saturated heterocycles. The molecule has 0 aliphatic carbocycles. The number of methoxy groups -OCH3 is 2. The Kier molecular flexibility index (Phi) is 6.03. The topological polar surface area (TPSA) is 127 Å². The van der Waals surface area contributed by atoms with Gasteiger partial charge in [0, 0.05) is 17.7 Å². The molecule has 0 atom stereocenters. The predicted molar refractivity (Wildman–Crippen MR) is 99.4 cm³/mol. The van der Waals surface area contributed by atoms with Crippen molar-refractivity contribution in [3.63, 3.8) is 0 Å². The summed E-state index contributed by atoms with van der Waals surface area (Å²) >= 11 is 0. The van der Waals surface area contributed by atoms with Crippen LogP contribution in [0.4, 0.5) is 5.69 Å². The van der Waals surface area contributed by atoms with Crippen LogP contribution in [0.15, 0.2) is 47.0 Å². The van der Waals surface area contributed by atoms with Crippen molar-refractivity contribution < 1.29 is 28.5 Å². The molecule has 0 amide bonds. The highest BCUT2D eigenvalue weighted by atomic mass is 16.6. The summed E-state index contributed by atoms with van der Waals surface area (Å²) in [6.45, 7) is -0.259. The minimum absolute atomic E-state index is 0.0776. The summed E-state index contributed by atoms with van der Waals surface area (Å²) in [5.74, 6) is 0.785. The fourth-order valence-corrected chi connectivity index (χ4v) is 2.59. The van der Waals surface area contributed by atoms with Gasteiger partial charge in [0.15, 0.2) is 6.61 Å². The van der Waals surface area contributed by atoms with Crippen LogP contribution < -0.4 is 9.47 Å². The first-order chi connectivity index (χ1) is 14.0. The number of aromatic nitrogens is 2. The van der Waals surface area contributed by atoms with Crippen molar-refractivity contribution >= 4 is 11.7 Å². The minimum atomic E-state index is -0.652. The lowest BCUT2D eigenvalue weighted by Crippen LogP contribution is -2.09. The third kappa shape index (κ3) is 4.67. The van der Waals surface area contributed by atoms with Crippen molar-refractivity contribution in [3.8, 4) is 22.9 Å². The van der Waals surface area contributed by atoms with E-state index in [9.17, 15) is 14.9 Å². The molecule has 1 aromatic heterocycles. The van der Waals surface area contributed by atoms with Gasteiger partial charge in [-0.25, -0.2) is 0 Å². The van der Waals surface area contributed by atoms with Crippen molar-refractivity contribution in [1.29, 1.82) is 0 Å². The maximum atomic E-state index is 12.0. The highest BCUT2D eigenvalue weighted by molar-refractivity contribution is 5.74. The minimum Gasteiger partial charge on any atom is -0.497 e. The van der Waals surface area contributed by atoms with Crippen LogP contribution in [0.2, 0.25) is 0 Å². The van der Waals surface area contributed by atoms with Crippen molar-refractivity contribution in [2.75, 3.05) is 14.2 Å². The zero-order valence-corrected chi connectivity index (χ0v) is 15.7. The second-order valence-electron chi connectivity index (χ2n) is 5.80. The Bertz CT molecular complexity index is 1030. The molecule has 2 aromatic carbocycles. The molecule has 0 aliphatic rings. The standard InChI is InChI=1S/C19H17N3O7/c1-26-13-7-8-14(16(10-13)27-2)19-20-17(29-21-19)11-28-18(23)9-12-5-3-4-6-15(12)22(24)25/h3-8,10H,9,11H2,1-2H3. The summed E-state index contributed by atoms with van der Waals surface area (Å²) in [5.41, 5.74) is 0.697. The van der Waals surface area contributed by atoms with Gasteiger partial charge in [0.2, 0.25) is 5.82 Å². The molecule has 0 spiro atoms.